The van der Waals surface area contributed by atoms with E-state index in [1.54, 1.807) is 17.4 Å². The summed E-state index contributed by atoms with van der Waals surface area (Å²) in [6, 6.07) is -0.154. The van der Waals surface area contributed by atoms with Crippen LogP contribution in [0.4, 0.5) is 4.79 Å². The Bertz CT molecular complexity index is 398. The maximum Gasteiger partial charge on any atom is 0.317 e. The van der Waals surface area contributed by atoms with Crippen LogP contribution in [0, 0.1) is 5.41 Å². The standard InChI is InChI=1S/C14H26N4O2/c1-5-18(8-9-19)13(20)16-12(14(2,3)4)10-17-7-6-15-11-17/h6-7,11-12,19H,5,8-10H2,1-4H3,(H,16,20)/t12-/m1/s1. The van der Waals surface area contributed by atoms with Gasteiger partial charge in [0, 0.05) is 32.0 Å². The van der Waals surface area contributed by atoms with Crippen LogP contribution in [0.2, 0.25) is 0 Å². The van der Waals surface area contributed by atoms with Gasteiger partial charge in [0.2, 0.25) is 0 Å². The van der Waals surface area contributed by atoms with Crippen LogP contribution in [0.15, 0.2) is 18.7 Å². The summed E-state index contributed by atoms with van der Waals surface area (Å²) >= 11 is 0. The first-order chi connectivity index (χ1) is 9.38. The second-order valence-corrected chi connectivity index (χ2v) is 5.93. The number of carbonyl (C=O) groups excluding carboxylic acids is 1. The van der Waals surface area contributed by atoms with E-state index in [4.69, 9.17) is 5.11 Å². The first-order valence-electron chi connectivity index (χ1n) is 7.00. The Balaban J connectivity index is 2.72. The van der Waals surface area contributed by atoms with E-state index in [9.17, 15) is 4.79 Å². The van der Waals surface area contributed by atoms with Gasteiger partial charge in [0.1, 0.15) is 0 Å². The van der Waals surface area contributed by atoms with Crippen molar-refractivity contribution < 1.29 is 9.90 Å². The van der Waals surface area contributed by atoms with Crippen molar-refractivity contribution in [2.24, 2.45) is 5.41 Å². The second-order valence-electron chi connectivity index (χ2n) is 5.93. The maximum atomic E-state index is 12.2. The molecule has 0 radical (unpaired) electrons. The molecule has 1 atom stereocenters. The summed E-state index contributed by atoms with van der Waals surface area (Å²) in [5, 5.41) is 12.0. The van der Waals surface area contributed by atoms with E-state index in [0.717, 1.165) is 0 Å². The number of carbonyl (C=O) groups is 1. The van der Waals surface area contributed by atoms with Crippen LogP contribution in [0.3, 0.4) is 0 Å². The lowest BCUT2D eigenvalue weighted by Crippen LogP contribution is -2.51. The van der Waals surface area contributed by atoms with Crippen molar-refractivity contribution in [2.45, 2.75) is 40.3 Å². The molecule has 0 aliphatic heterocycles. The predicted molar refractivity (Wildman–Crippen MR) is 78.3 cm³/mol. The van der Waals surface area contributed by atoms with Crippen molar-refractivity contribution in [1.29, 1.82) is 0 Å². The van der Waals surface area contributed by atoms with Gasteiger partial charge < -0.3 is 19.9 Å². The quantitative estimate of drug-likeness (QED) is 0.826. The minimum atomic E-state index is -0.137. The molecular formula is C14H26N4O2. The molecule has 0 aliphatic rings. The lowest BCUT2D eigenvalue weighted by atomic mass is 9.86. The first kappa shape index (κ1) is 16.5. The number of aromatic nitrogens is 2. The van der Waals surface area contributed by atoms with E-state index in [1.165, 1.54) is 0 Å². The van der Waals surface area contributed by atoms with E-state index in [2.05, 4.69) is 31.1 Å². The third-order valence-electron chi connectivity index (χ3n) is 3.33. The van der Waals surface area contributed by atoms with Gasteiger partial charge in [-0.05, 0) is 12.3 Å². The molecule has 6 heteroatoms. The van der Waals surface area contributed by atoms with Crippen LogP contribution in [0.25, 0.3) is 0 Å². The van der Waals surface area contributed by atoms with E-state index in [1.807, 2.05) is 17.7 Å². The van der Waals surface area contributed by atoms with E-state index >= 15 is 0 Å². The third-order valence-corrected chi connectivity index (χ3v) is 3.33. The fourth-order valence-corrected chi connectivity index (χ4v) is 1.91. The summed E-state index contributed by atoms with van der Waals surface area (Å²) < 4.78 is 1.96. The highest BCUT2D eigenvalue weighted by Crippen LogP contribution is 2.21. The molecule has 1 aromatic rings. The van der Waals surface area contributed by atoms with Crippen molar-refractivity contribution in [1.82, 2.24) is 19.8 Å². The van der Waals surface area contributed by atoms with Crippen LogP contribution in [-0.4, -0.2) is 51.3 Å². The van der Waals surface area contributed by atoms with Gasteiger partial charge in [0.25, 0.3) is 0 Å². The average molecular weight is 282 g/mol. The molecule has 0 saturated carbocycles. The number of nitrogens with one attached hydrogen (secondary N) is 1. The van der Waals surface area contributed by atoms with Crippen molar-refractivity contribution in [2.75, 3.05) is 19.7 Å². The Morgan fingerprint density at radius 3 is 2.65 bits per heavy atom. The Kier molecular flexibility index (Phi) is 6.01. The van der Waals surface area contributed by atoms with Crippen LogP contribution < -0.4 is 5.32 Å². The minimum Gasteiger partial charge on any atom is -0.395 e. The molecule has 114 valence electrons. The highest BCUT2D eigenvalue weighted by atomic mass is 16.3. The van der Waals surface area contributed by atoms with Gasteiger partial charge in [-0.15, -0.1) is 0 Å². The van der Waals surface area contributed by atoms with Crippen LogP contribution in [-0.2, 0) is 6.54 Å². The molecule has 0 aromatic carbocycles. The number of urea groups is 1. The molecule has 2 N–H and O–H groups in total. The van der Waals surface area contributed by atoms with Crippen LogP contribution in [0.1, 0.15) is 27.7 Å². The van der Waals surface area contributed by atoms with Crippen molar-refractivity contribution in [3.05, 3.63) is 18.7 Å². The van der Waals surface area contributed by atoms with Gasteiger partial charge >= 0.3 is 6.03 Å². The number of rotatable bonds is 6. The van der Waals surface area contributed by atoms with E-state index < -0.39 is 0 Å². The Labute approximate surface area is 120 Å². The zero-order valence-electron chi connectivity index (χ0n) is 12.8. The summed E-state index contributed by atoms with van der Waals surface area (Å²) in [5.74, 6) is 0. The van der Waals surface area contributed by atoms with E-state index in [-0.39, 0.29) is 24.1 Å². The Morgan fingerprint density at radius 1 is 1.50 bits per heavy atom. The number of aliphatic hydroxyl groups is 1. The summed E-state index contributed by atoms with van der Waals surface area (Å²) in [4.78, 5) is 17.9. The second kappa shape index (κ2) is 7.28. The van der Waals surface area contributed by atoms with Gasteiger partial charge in [-0.3, -0.25) is 0 Å². The number of amides is 2. The molecule has 0 fully saturated rings. The van der Waals surface area contributed by atoms with Gasteiger partial charge in [-0.25, -0.2) is 9.78 Å². The predicted octanol–water partition coefficient (Wildman–Crippen LogP) is 1.32. The number of imidazole rings is 1. The minimum absolute atomic E-state index is 0.0167. The molecule has 0 bridgehead atoms. The summed E-state index contributed by atoms with van der Waals surface area (Å²) in [6.07, 6.45) is 5.36. The van der Waals surface area contributed by atoms with Gasteiger partial charge in [0.15, 0.2) is 0 Å². The molecule has 0 aliphatic carbocycles. The molecule has 0 saturated heterocycles. The van der Waals surface area contributed by atoms with Crippen molar-refractivity contribution in [3.63, 3.8) is 0 Å². The molecule has 0 unspecified atom stereocenters. The van der Waals surface area contributed by atoms with Gasteiger partial charge in [-0.1, -0.05) is 20.8 Å². The molecule has 20 heavy (non-hydrogen) atoms. The molecule has 1 rings (SSSR count). The van der Waals surface area contributed by atoms with Gasteiger partial charge in [-0.2, -0.15) is 0 Å². The lowest BCUT2D eigenvalue weighted by molar-refractivity contribution is 0.162. The number of nitrogens with zero attached hydrogens (tertiary/aromatic N) is 3. The molecule has 0 spiro atoms. The molecule has 1 aromatic heterocycles. The first-order valence-corrected chi connectivity index (χ1v) is 7.00. The summed E-state index contributed by atoms with van der Waals surface area (Å²) in [5.41, 5.74) is -0.0709. The van der Waals surface area contributed by atoms with Gasteiger partial charge in [0.05, 0.1) is 19.0 Å². The lowest BCUT2D eigenvalue weighted by Gasteiger charge is -2.33. The SMILES string of the molecule is CCN(CCO)C(=O)N[C@H](Cn1ccnc1)C(C)(C)C. The smallest absolute Gasteiger partial charge is 0.317 e. The number of hydrogen-bond donors (Lipinski definition) is 2. The molecule has 1 heterocycles. The summed E-state index contributed by atoms with van der Waals surface area (Å²) in [7, 11) is 0. The highest BCUT2D eigenvalue weighted by Gasteiger charge is 2.27. The van der Waals surface area contributed by atoms with Crippen molar-refractivity contribution >= 4 is 6.03 Å². The number of hydrogen-bond acceptors (Lipinski definition) is 3. The number of likely N-dealkylation sites (N-methyl/N-ethyl adjacent to an activating group) is 1. The fourth-order valence-electron chi connectivity index (χ4n) is 1.91. The molecule has 2 amide bonds. The fraction of sp³-hybridized carbons (Fsp3) is 0.714. The van der Waals surface area contributed by atoms with E-state index in [0.29, 0.717) is 19.6 Å². The molecular weight excluding hydrogens is 256 g/mol. The normalized spacial score (nSPS) is 13.1. The zero-order valence-corrected chi connectivity index (χ0v) is 12.8. The zero-order chi connectivity index (χ0) is 15.2. The topological polar surface area (TPSA) is 70.4 Å². The summed E-state index contributed by atoms with van der Waals surface area (Å²) in [6.45, 7) is 9.76. The Hall–Kier alpha value is -1.56. The average Bonchev–Trinajstić information content (AvgIpc) is 2.86. The largest absolute Gasteiger partial charge is 0.395 e. The number of aliphatic hydroxyl groups excluding tert-OH is 1. The monoisotopic (exact) mass is 282 g/mol. The molecule has 6 nitrogen and oxygen atoms in total. The maximum absolute atomic E-state index is 12.2. The van der Waals surface area contributed by atoms with Crippen LogP contribution in [0.5, 0.6) is 0 Å². The van der Waals surface area contributed by atoms with Crippen molar-refractivity contribution in [3.8, 4) is 0 Å². The Morgan fingerprint density at radius 2 is 2.20 bits per heavy atom. The highest BCUT2D eigenvalue weighted by molar-refractivity contribution is 5.74. The van der Waals surface area contributed by atoms with Crippen LogP contribution >= 0.6 is 0 Å². The third kappa shape index (κ3) is 4.85.